The van der Waals surface area contributed by atoms with Crippen molar-refractivity contribution in [1.82, 2.24) is 0 Å². The number of hydrogen-bond donors (Lipinski definition) is 0. The van der Waals surface area contributed by atoms with Crippen LogP contribution in [0.25, 0.3) is 10.1 Å². The Kier molecular flexibility index (Phi) is 3.33. The number of hydrogen-bond acceptors (Lipinski definition) is 2. The summed E-state index contributed by atoms with van der Waals surface area (Å²) in [6.07, 6.45) is 0. The predicted molar refractivity (Wildman–Crippen MR) is 66.1 cm³/mol. The molecule has 0 atom stereocenters. The Morgan fingerprint density at radius 3 is 2.14 bits per heavy atom. The zero-order valence-electron chi connectivity index (χ0n) is 7.59. The lowest BCUT2D eigenvalue weighted by atomic mass is 10.3. The maximum atomic E-state index is 2.14. The third-order valence-corrected chi connectivity index (χ3v) is 3.31. The van der Waals surface area contributed by atoms with Gasteiger partial charge in [0.1, 0.15) is 0 Å². The highest BCUT2D eigenvalue weighted by Crippen LogP contribution is 2.18. The van der Waals surface area contributed by atoms with Gasteiger partial charge >= 0.3 is 0 Å². The van der Waals surface area contributed by atoms with Crippen LogP contribution < -0.4 is 0 Å². The zero-order chi connectivity index (χ0) is 9.64. The molecule has 0 fully saturated rings. The van der Waals surface area contributed by atoms with Crippen molar-refractivity contribution in [3.63, 3.8) is 0 Å². The van der Waals surface area contributed by atoms with Crippen molar-refractivity contribution in [2.24, 2.45) is 0 Å². The highest BCUT2D eigenvalue weighted by Gasteiger charge is 1.87. The molecule has 0 bridgehead atoms. The molecule has 0 spiro atoms. The minimum atomic E-state index is 1.35. The van der Waals surface area contributed by atoms with Crippen LogP contribution in [0.3, 0.4) is 0 Å². The molecular weight excluding hydrogens is 208 g/mol. The molecule has 0 aliphatic heterocycles. The molecule has 14 heavy (non-hydrogen) atoms. The van der Waals surface area contributed by atoms with Gasteiger partial charge in [0.05, 0.1) is 0 Å². The van der Waals surface area contributed by atoms with Gasteiger partial charge in [-0.05, 0) is 33.7 Å². The fourth-order valence-electron chi connectivity index (χ4n) is 1.13. The smallest absolute Gasteiger partial charge is 0.0342 e. The molecule has 0 saturated carbocycles. The third-order valence-electron chi connectivity index (χ3n) is 1.79. The van der Waals surface area contributed by atoms with Gasteiger partial charge < -0.3 is 0 Å². The summed E-state index contributed by atoms with van der Waals surface area (Å²) >= 11 is 3.50. The molecule has 0 aliphatic carbocycles. The lowest BCUT2D eigenvalue weighted by Crippen LogP contribution is -1.56. The SMILES string of the molecule is c1ccc2sccc2c1.c1ccsc1. The molecular formula is C12H10S2. The van der Waals surface area contributed by atoms with Crippen LogP contribution in [-0.4, -0.2) is 0 Å². The Balaban J connectivity index is 0.000000128. The third kappa shape index (κ3) is 2.44. The maximum absolute atomic E-state index is 2.14. The fraction of sp³-hybridized carbons (Fsp3) is 0. The molecule has 1 aromatic carbocycles. The average Bonchev–Trinajstić information content (AvgIpc) is 2.92. The summed E-state index contributed by atoms with van der Waals surface area (Å²) in [5.41, 5.74) is 0. The van der Waals surface area contributed by atoms with E-state index in [-0.39, 0.29) is 0 Å². The van der Waals surface area contributed by atoms with Gasteiger partial charge in [0.25, 0.3) is 0 Å². The quantitative estimate of drug-likeness (QED) is 0.515. The van der Waals surface area contributed by atoms with E-state index in [0.717, 1.165) is 0 Å². The van der Waals surface area contributed by atoms with Crippen molar-refractivity contribution in [3.8, 4) is 0 Å². The molecule has 0 aliphatic rings. The van der Waals surface area contributed by atoms with Crippen molar-refractivity contribution in [2.45, 2.75) is 0 Å². The van der Waals surface area contributed by atoms with E-state index in [1.165, 1.54) is 10.1 Å². The van der Waals surface area contributed by atoms with Gasteiger partial charge in [0.15, 0.2) is 0 Å². The maximum Gasteiger partial charge on any atom is 0.0342 e. The van der Waals surface area contributed by atoms with E-state index in [2.05, 4.69) is 35.7 Å². The summed E-state index contributed by atoms with van der Waals surface area (Å²) in [7, 11) is 0. The number of thiophene rings is 2. The Morgan fingerprint density at radius 1 is 0.714 bits per heavy atom. The highest BCUT2D eigenvalue weighted by molar-refractivity contribution is 7.17. The van der Waals surface area contributed by atoms with Gasteiger partial charge in [0, 0.05) is 4.70 Å². The second kappa shape index (κ2) is 4.94. The molecule has 0 saturated heterocycles. The molecule has 2 aromatic heterocycles. The summed E-state index contributed by atoms with van der Waals surface area (Å²) in [5, 5.41) is 7.55. The lowest BCUT2D eigenvalue weighted by Gasteiger charge is -1.82. The van der Waals surface area contributed by atoms with Crippen LogP contribution in [0, 0.1) is 0 Å². The fourth-order valence-corrected chi connectivity index (χ4v) is 2.38. The minimum Gasteiger partial charge on any atom is -0.152 e. The van der Waals surface area contributed by atoms with E-state index < -0.39 is 0 Å². The monoisotopic (exact) mass is 218 g/mol. The van der Waals surface area contributed by atoms with Crippen LogP contribution >= 0.6 is 22.7 Å². The van der Waals surface area contributed by atoms with Gasteiger partial charge in [-0.25, -0.2) is 0 Å². The van der Waals surface area contributed by atoms with Gasteiger partial charge in [-0.15, -0.1) is 11.3 Å². The van der Waals surface area contributed by atoms with Crippen LogP contribution in [-0.2, 0) is 0 Å². The molecule has 2 heteroatoms. The predicted octanol–water partition coefficient (Wildman–Crippen LogP) is 4.65. The van der Waals surface area contributed by atoms with Crippen molar-refractivity contribution in [2.75, 3.05) is 0 Å². The summed E-state index contributed by atoms with van der Waals surface area (Å²) in [6, 6.07) is 14.6. The molecule has 3 aromatic rings. The molecule has 2 heterocycles. The molecule has 0 N–H and O–H groups in total. The van der Waals surface area contributed by atoms with Crippen LogP contribution in [0.4, 0.5) is 0 Å². The Hall–Kier alpha value is -1.12. The first kappa shape index (κ1) is 9.44. The summed E-state index contributed by atoms with van der Waals surface area (Å²) in [6.45, 7) is 0. The Bertz CT molecular complexity index is 418. The van der Waals surface area contributed by atoms with Gasteiger partial charge in [-0.1, -0.05) is 30.3 Å². The molecule has 0 amide bonds. The molecule has 0 nitrogen and oxygen atoms in total. The summed E-state index contributed by atoms with van der Waals surface area (Å²) in [5.74, 6) is 0. The largest absolute Gasteiger partial charge is 0.152 e. The molecule has 70 valence electrons. The van der Waals surface area contributed by atoms with E-state index in [0.29, 0.717) is 0 Å². The van der Waals surface area contributed by atoms with E-state index >= 15 is 0 Å². The average molecular weight is 218 g/mol. The van der Waals surface area contributed by atoms with Crippen molar-refractivity contribution in [3.05, 3.63) is 58.6 Å². The van der Waals surface area contributed by atoms with Gasteiger partial charge in [-0.2, -0.15) is 11.3 Å². The number of fused-ring (bicyclic) bond motifs is 1. The van der Waals surface area contributed by atoms with E-state index in [9.17, 15) is 0 Å². The van der Waals surface area contributed by atoms with E-state index in [4.69, 9.17) is 0 Å². The van der Waals surface area contributed by atoms with Crippen LogP contribution in [0.1, 0.15) is 0 Å². The van der Waals surface area contributed by atoms with Crippen molar-refractivity contribution >= 4 is 32.8 Å². The first-order valence-electron chi connectivity index (χ1n) is 4.36. The lowest BCUT2D eigenvalue weighted by molar-refractivity contribution is 1.86. The number of benzene rings is 1. The highest BCUT2D eigenvalue weighted by atomic mass is 32.1. The van der Waals surface area contributed by atoms with Gasteiger partial charge in [0.2, 0.25) is 0 Å². The molecule has 0 unspecified atom stereocenters. The standard InChI is InChI=1S/C8H6S.C4H4S/c1-2-4-8-7(3-1)5-6-9-8;1-2-4-5-3-1/h1-6H;1-4H. The first-order chi connectivity index (χ1) is 6.97. The summed E-state index contributed by atoms with van der Waals surface area (Å²) in [4.78, 5) is 0. The summed E-state index contributed by atoms with van der Waals surface area (Å²) < 4.78 is 1.37. The zero-order valence-corrected chi connectivity index (χ0v) is 9.22. The van der Waals surface area contributed by atoms with Crippen molar-refractivity contribution in [1.29, 1.82) is 0 Å². The van der Waals surface area contributed by atoms with E-state index in [1.54, 1.807) is 22.7 Å². The normalized spacial score (nSPS) is 9.43. The second-order valence-electron chi connectivity index (χ2n) is 2.75. The van der Waals surface area contributed by atoms with Crippen LogP contribution in [0.5, 0.6) is 0 Å². The molecule has 0 radical (unpaired) electrons. The topological polar surface area (TPSA) is 0 Å². The Morgan fingerprint density at radius 2 is 1.50 bits per heavy atom. The number of rotatable bonds is 0. The second-order valence-corrected chi connectivity index (χ2v) is 4.52. The van der Waals surface area contributed by atoms with Crippen LogP contribution in [0.15, 0.2) is 58.6 Å². The molecule has 3 rings (SSSR count). The minimum absolute atomic E-state index is 1.35. The first-order valence-corrected chi connectivity index (χ1v) is 6.18. The van der Waals surface area contributed by atoms with Crippen molar-refractivity contribution < 1.29 is 0 Å². The van der Waals surface area contributed by atoms with Crippen LogP contribution in [0.2, 0.25) is 0 Å². The van der Waals surface area contributed by atoms with Gasteiger partial charge in [-0.3, -0.25) is 0 Å². The van der Waals surface area contributed by atoms with E-state index in [1.807, 2.05) is 22.9 Å². The Labute approximate surface area is 91.5 Å².